The van der Waals surface area contributed by atoms with Crippen molar-refractivity contribution in [2.24, 2.45) is 0 Å². The van der Waals surface area contributed by atoms with Crippen molar-refractivity contribution in [3.05, 3.63) is 65.0 Å². The van der Waals surface area contributed by atoms with Gasteiger partial charge in [0.1, 0.15) is 17.8 Å². The van der Waals surface area contributed by atoms with Crippen molar-refractivity contribution in [3.63, 3.8) is 0 Å². The second-order valence-electron chi connectivity index (χ2n) is 10.6. The van der Waals surface area contributed by atoms with Crippen molar-refractivity contribution >= 4 is 12.4 Å². The first kappa shape index (κ1) is 30.5. The van der Waals surface area contributed by atoms with Crippen molar-refractivity contribution in [1.29, 1.82) is 0 Å². The lowest BCUT2D eigenvalue weighted by Gasteiger charge is -2.27. The van der Waals surface area contributed by atoms with Gasteiger partial charge in [0.2, 0.25) is 5.89 Å². The van der Waals surface area contributed by atoms with Gasteiger partial charge >= 0.3 is 0 Å². The second kappa shape index (κ2) is 12.4. The first-order chi connectivity index (χ1) is 15.5. The molecular formula is C28H41ClN2O4. The fourth-order valence-corrected chi connectivity index (χ4v) is 3.70. The zero-order chi connectivity index (χ0) is 24.2. The van der Waals surface area contributed by atoms with Crippen LogP contribution in [0.15, 0.2) is 47.1 Å². The van der Waals surface area contributed by atoms with Crippen LogP contribution in [-0.4, -0.2) is 28.7 Å². The Balaban J connectivity index is 0.00000306. The van der Waals surface area contributed by atoms with E-state index in [-0.39, 0.29) is 28.7 Å². The molecule has 0 fully saturated rings. The van der Waals surface area contributed by atoms with E-state index >= 15 is 0 Å². The van der Waals surface area contributed by atoms with Crippen LogP contribution in [0.1, 0.15) is 70.9 Å². The molecule has 0 aliphatic heterocycles. The summed E-state index contributed by atoms with van der Waals surface area (Å²) in [7, 11) is 0. The van der Waals surface area contributed by atoms with Crippen LogP contribution in [0.3, 0.4) is 0 Å². The largest absolute Gasteiger partial charge is 0.507 e. The zero-order valence-electron chi connectivity index (χ0n) is 22.0. The number of nitrogens with zero attached hydrogens (tertiary/aromatic N) is 1. The van der Waals surface area contributed by atoms with Crippen LogP contribution in [0.5, 0.6) is 11.5 Å². The number of hydrogen-bond donors (Lipinski definition) is 2. The summed E-state index contributed by atoms with van der Waals surface area (Å²) in [6.45, 7) is 17.0. The number of ether oxygens (including phenoxy) is 1. The monoisotopic (exact) mass is 504 g/mol. The fourth-order valence-electron chi connectivity index (χ4n) is 3.70. The topological polar surface area (TPSA) is 99.0 Å². The minimum Gasteiger partial charge on any atom is -0.507 e. The van der Waals surface area contributed by atoms with E-state index in [0.717, 1.165) is 41.2 Å². The highest BCUT2D eigenvalue weighted by molar-refractivity contribution is 5.85. The maximum atomic E-state index is 10.9. The van der Waals surface area contributed by atoms with Gasteiger partial charge in [0.15, 0.2) is 0 Å². The molecule has 0 aliphatic carbocycles. The van der Waals surface area contributed by atoms with Gasteiger partial charge in [-0.3, -0.25) is 0 Å². The van der Waals surface area contributed by atoms with Crippen molar-refractivity contribution in [2.45, 2.75) is 72.3 Å². The lowest BCUT2D eigenvalue weighted by Crippen LogP contribution is -2.17. The van der Waals surface area contributed by atoms with E-state index in [9.17, 15) is 5.11 Å². The molecule has 7 heteroatoms. The summed E-state index contributed by atoms with van der Waals surface area (Å²) in [5.41, 5.74) is 4.35. The molecule has 4 N–H and O–H groups in total. The predicted molar refractivity (Wildman–Crippen MR) is 145 cm³/mol. The van der Waals surface area contributed by atoms with Crippen molar-refractivity contribution in [2.75, 3.05) is 13.2 Å². The van der Waals surface area contributed by atoms with Gasteiger partial charge in [-0.25, -0.2) is 4.98 Å². The van der Waals surface area contributed by atoms with Crippen LogP contribution in [-0.2, 0) is 23.8 Å². The highest BCUT2D eigenvalue weighted by atomic mass is 35.5. The fraction of sp³-hybridized carbons (Fsp3) is 0.464. The minimum absolute atomic E-state index is 0. The van der Waals surface area contributed by atoms with Crippen LogP contribution in [0, 0.1) is 0 Å². The Hall–Kier alpha value is -2.54. The molecule has 0 bridgehead atoms. The van der Waals surface area contributed by atoms with Crippen molar-refractivity contribution in [1.82, 2.24) is 10.3 Å². The highest BCUT2D eigenvalue weighted by Crippen LogP contribution is 2.41. The van der Waals surface area contributed by atoms with Crippen LogP contribution in [0.2, 0.25) is 0 Å². The number of hydrogen-bond acceptors (Lipinski definition) is 5. The number of aromatic nitrogens is 1. The molecule has 0 atom stereocenters. The van der Waals surface area contributed by atoms with Gasteiger partial charge in [-0.15, -0.1) is 12.4 Å². The molecule has 3 aromatic rings. The Morgan fingerprint density at radius 2 is 1.54 bits per heavy atom. The Bertz CT molecular complexity index is 1030. The van der Waals surface area contributed by atoms with Gasteiger partial charge in [0.25, 0.3) is 0 Å². The number of nitrogens with one attached hydrogen (secondary N) is 1. The average Bonchev–Trinajstić information content (AvgIpc) is 3.20. The SMILES string of the molecule is CCNCc1ccc(OCCc2coc(-c3cc(C(C)(C)C)c(O)c(C(C)(C)C)c3)n2)cc1.Cl.O. The molecule has 0 spiro atoms. The molecule has 194 valence electrons. The Kier molecular flexibility index (Phi) is 10.8. The molecule has 35 heavy (non-hydrogen) atoms. The van der Waals surface area contributed by atoms with E-state index in [1.54, 1.807) is 6.26 Å². The van der Waals surface area contributed by atoms with E-state index in [1.807, 2.05) is 24.3 Å². The summed E-state index contributed by atoms with van der Waals surface area (Å²) >= 11 is 0. The van der Waals surface area contributed by atoms with Crippen LogP contribution in [0.4, 0.5) is 0 Å². The van der Waals surface area contributed by atoms with Crippen LogP contribution < -0.4 is 10.1 Å². The third-order valence-electron chi connectivity index (χ3n) is 5.65. The molecule has 0 unspecified atom stereocenters. The summed E-state index contributed by atoms with van der Waals surface area (Å²) in [6.07, 6.45) is 2.34. The quantitative estimate of drug-likeness (QED) is 0.393. The van der Waals surface area contributed by atoms with E-state index in [2.05, 4.69) is 65.9 Å². The smallest absolute Gasteiger partial charge is 0.226 e. The summed E-state index contributed by atoms with van der Waals surface area (Å²) in [4.78, 5) is 4.70. The van der Waals surface area contributed by atoms with Gasteiger partial charge in [0.05, 0.1) is 12.3 Å². The molecule has 3 rings (SSSR count). The van der Waals surface area contributed by atoms with E-state index in [1.165, 1.54) is 5.56 Å². The van der Waals surface area contributed by atoms with Gasteiger partial charge in [-0.2, -0.15) is 0 Å². The number of aromatic hydroxyl groups is 1. The van der Waals surface area contributed by atoms with Gasteiger partial charge in [0, 0.05) is 29.7 Å². The third-order valence-corrected chi connectivity index (χ3v) is 5.65. The van der Waals surface area contributed by atoms with Crippen LogP contribution >= 0.6 is 12.4 Å². The van der Waals surface area contributed by atoms with E-state index < -0.39 is 0 Å². The average molecular weight is 505 g/mol. The number of phenols is 1. The molecule has 0 saturated heterocycles. The van der Waals surface area contributed by atoms with E-state index in [4.69, 9.17) is 14.1 Å². The van der Waals surface area contributed by atoms with E-state index in [0.29, 0.717) is 24.7 Å². The molecule has 0 amide bonds. The van der Waals surface area contributed by atoms with Crippen molar-refractivity contribution < 1.29 is 19.7 Å². The summed E-state index contributed by atoms with van der Waals surface area (Å²) in [6, 6.07) is 12.1. The Morgan fingerprint density at radius 1 is 0.971 bits per heavy atom. The van der Waals surface area contributed by atoms with Gasteiger partial charge < -0.3 is 25.1 Å². The number of benzene rings is 2. The van der Waals surface area contributed by atoms with Crippen LogP contribution in [0.25, 0.3) is 11.5 Å². The number of rotatable bonds is 8. The molecule has 0 radical (unpaired) electrons. The second-order valence-corrected chi connectivity index (χ2v) is 10.6. The Morgan fingerprint density at radius 3 is 2.06 bits per heavy atom. The number of oxazole rings is 1. The standard InChI is InChI=1S/C28H38N2O3.ClH.H2O/c1-8-29-17-19-9-11-22(12-10-19)32-14-13-21-18-33-26(30-21)20-15-23(27(2,3)4)25(31)24(16-20)28(5,6)7;;/h9-12,15-16,18,29,31H,8,13-14,17H2,1-7H3;1H;1H2. The summed E-state index contributed by atoms with van der Waals surface area (Å²) < 4.78 is 11.7. The normalized spacial score (nSPS) is 11.5. The van der Waals surface area contributed by atoms with Crippen molar-refractivity contribution in [3.8, 4) is 23.0 Å². The molecule has 0 aliphatic rings. The molecule has 1 heterocycles. The first-order valence-electron chi connectivity index (χ1n) is 11.7. The van der Waals surface area contributed by atoms with Gasteiger partial charge in [-0.1, -0.05) is 60.6 Å². The summed E-state index contributed by atoms with van der Waals surface area (Å²) in [5.74, 6) is 1.77. The molecule has 0 saturated carbocycles. The predicted octanol–water partition coefficient (Wildman–Crippen LogP) is 5.97. The zero-order valence-corrected chi connectivity index (χ0v) is 22.8. The maximum Gasteiger partial charge on any atom is 0.226 e. The molecular weight excluding hydrogens is 464 g/mol. The summed E-state index contributed by atoms with van der Waals surface area (Å²) in [5, 5.41) is 14.3. The lowest BCUT2D eigenvalue weighted by atomic mass is 9.78. The Labute approximate surface area is 215 Å². The molecule has 2 aromatic carbocycles. The third kappa shape index (κ3) is 7.99. The first-order valence-corrected chi connectivity index (χ1v) is 11.7. The van der Waals surface area contributed by atoms with Gasteiger partial charge in [-0.05, 0) is 47.2 Å². The maximum absolute atomic E-state index is 10.9. The lowest BCUT2D eigenvalue weighted by molar-refractivity contribution is 0.320. The molecule has 6 nitrogen and oxygen atoms in total. The number of phenolic OH excluding ortho intramolecular Hbond substituents is 1. The minimum atomic E-state index is -0.203. The highest BCUT2D eigenvalue weighted by Gasteiger charge is 2.27. The number of halogens is 1. The molecule has 1 aromatic heterocycles.